The number of hydrogen-bond acceptors (Lipinski definition) is 4. The fraction of sp³-hybridized carbons (Fsp3) is 0.450. The largest absolute Gasteiger partial charge is 0.493 e. The molecule has 0 saturated carbocycles. The van der Waals surface area contributed by atoms with E-state index in [-0.39, 0.29) is 18.4 Å². The van der Waals surface area contributed by atoms with Crippen molar-refractivity contribution in [1.82, 2.24) is 15.1 Å². The van der Waals surface area contributed by atoms with E-state index in [0.29, 0.717) is 30.9 Å². The first-order chi connectivity index (χ1) is 13.1. The van der Waals surface area contributed by atoms with E-state index in [1.165, 1.54) is 0 Å². The Kier molecular flexibility index (Phi) is 4.37. The second-order valence-electron chi connectivity index (χ2n) is 7.05. The number of carbonyl (C=O) groups is 3. The van der Waals surface area contributed by atoms with Crippen molar-refractivity contribution < 1.29 is 19.1 Å². The Hall–Kier alpha value is -2.83. The molecule has 7 nitrogen and oxygen atoms in total. The number of fused-ring (bicyclic) bond motifs is 2. The van der Waals surface area contributed by atoms with Crippen molar-refractivity contribution in [2.45, 2.75) is 38.1 Å². The van der Waals surface area contributed by atoms with Crippen LogP contribution in [0, 0.1) is 0 Å². The molecular weight excluding hydrogens is 346 g/mol. The van der Waals surface area contributed by atoms with E-state index in [0.717, 1.165) is 29.9 Å². The molecule has 4 amide bonds. The lowest BCUT2D eigenvalue weighted by molar-refractivity contribution is -0.138. The molecule has 142 valence electrons. The van der Waals surface area contributed by atoms with E-state index in [1.54, 1.807) is 17.0 Å². The van der Waals surface area contributed by atoms with Crippen LogP contribution in [0.2, 0.25) is 0 Å². The van der Waals surface area contributed by atoms with Crippen molar-refractivity contribution in [3.8, 4) is 5.75 Å². The Labute approximate surface area is 158 Å². The summed E-state index contributed by atoms with van der Waals surface area (Å²) in [4.78, 5) is 41.4. The van der Waals surface area contributed by atoms with Crippen LogP contribution in [0.3, 0.4) is 0 Å². The Bertz CT molecular complexity index is 834. The third-order valence-electron chi connectivity index (χ3n) is 5.53. The molecule has 27 heavy (non-hydrogen) atoms. The molecule has 0 aromatic heterocycles. The van der Waals surface area contributed by atoms with Crippen molar-refractivity contribution in [2.24, 2.45) is 0 Å². The van der Waals surface area contributed by atoms with Gasteiger partial charge < -0.3 is 15.0 Å². The molecule has 3 aliphatic rings. The van der Waals surface area contributed by atoms with Gasteiger partial charge in [-0.2, -0.15) is 0 Å². The first-order valence-electron chi connectivity index (χ1n) is 9.42. The van der Waals surface area contributed by atoms with Crippen molar-refractivity contribution in [1.29, 1.82) is 0 Å². The number of imide groups is 1. The van der Waals surface area contributed by atoms with Gasteiger partial charge in [0.25, 0.3) is 5.91 Å². The summed E-state index contributed by atoms with van der Waals surface area (Å²) in [6.07, 6.45) is 5.25. The summed E-state index contributed by atoms with van der Waals surface area (Å²) in [5.74, 6) is -0.0172. The molecule has 1 saturated heterocycles. The molecule has 1 atom stereocenters. The van der Waals surface area contributed by atoms with Gasteiger partial charge in [0.1, 0.15) is 12.3 Å². The van der Waals surface area contributed by atoms with Crippen LogP contribution in [-0.2, 0) is 15.1 Å². The number of likely N-dealkylation sites (N-methyl/N-ethyl adjacent to an activating group) is 1. The maximum atomic E-state index is 13.2. The summed E-state index contributed by atoms with van der Waals surface area (Å²) in [6.45, 7) is 2.51. The fourth-order valence-corrected chi connectivity index (χ4v) is 4.17. The summed E-state index contributed by atoms with van der Waals surface area (Å²) in [7, 11) is 0. The number of para-hydroxylation sites is 1. The zero-order valence-electron chi connectivity index (χ0n) is 15.4. The van der Waals surface area contributed by atoms with Gasteiger partial charge >= 0.3 is 6.03 Å². The predicted octanol–water partition coefficient (Wildman–Crippen LogP) is 2.13. The molecule has 0 radical (unpaired) electrons. The number of nitrogens with zero attached hydrogens (tertiary/aromatic N) is 2. The first-order valence-corrected chi connectivity index (χ1v) is 9.42. The lowest BCUT2D eigenvalue weighted by Crippen LogP contribution is -2.48. The first kappa shape index (κ1) is 17.6. The highest BCUT2D eigenvalue weighted by atomic mass is 16.5. The van der Waals surface area contributed by atoms with Crippen LogP contribution >= 0.6 is 0 Å². The number of benzene rings is 1. The number of rotatable bonds is 4. The molecule has 1 aromatic carbocycles. The number of nitrogens with one attached hydrogen (secondary N) is 1. The molecule has 0 bridgehead atoms. The quantitative estimate of drug-likeness (QED) is 0.825. The standard InChI is InChI=1S/C20H23N3O4/c1-2-22(14-7-3-4-8-14)17(24)13-23-18(25)20(21-19(23)26)11-12-27-16-10-6-5-9-15(16)20/h5-7,9-10H,2-4,8,11-13H2,1H3,(H,21,26)/t20-/m1/s1. The minimum atomic E-state index is -1.14. The predicted molar refractivity (Wildman–Crippen MR) is 97.8 cm³/mol. The normalized spacial score (nSPS) is 23.7. The van der Waals surface area contributed by atoms with Crippen molar-refractivity contribution in [3.05, 3.63) is 41.6 Å². The highest BCUT2D eigenvalue weighted by Gasteiger charge is 2.55. The average molecular weight is 369 g/mol. The topological polar surface area (TPSA) is 79.0 Å². The minimum absolute atomic E-state index is 0.230. The van der Waals surface area contributed by atoms with Crippen LogP contribution < -0.4 is 10.1 Å². The van der Waals surface area contributed by atoms with E-state index in [2.05, 4.69) is 11.4 Å². The zero-order valence-corrected chi connectivity index (χ0v) is 15.4. The molecule has 2 heterocycles. The van der Waals surface area contributed by atoms with Gasteiger partial charge in [-0.15, -0.1) is 0 Å². The Balaban J connectivity index is 1.58. The minimum Gasteiger partial charge on any atom is -0.493 e. The number of carbonyl (C=O) groups excluding carboxylic acids is 3. The van der Waals surface area contributed by atoms with Gasteiger partial charge in [-0.1, -0.05) is 24.3 Å². The maximum Gasteiger partial charge on any atom is 0.325 e. The second-order valence-corrected chi connectivity index (χ2v) is 7.05. The van der Waals surface area contributed by atoms with Crippen LogP contribution in [0.1, 0.15) is 38.2 Å². The van der Waals surface area contributed by atoms with Gasteiger partial charge in [0, 0.05) is 24.2 Å². The molecule has 1 aromatic rings. The molecular formula is C20H23N3O4. The molecule has 7 heteroatoms. The van der Waals surface area contributed by atoms with Crippen LogP contribution in [-0.4, -0.2) is 47.3 Å². The summed E-state index contributed by atoms with van der Waals surface area (Å²) >= 11 is 0. The van der Waals surface area contributed by atoms with Gasteiger partial charge in [0.15, 0.2) is 5.54 Å². The van der Waals surface area contributed by atoms with Gasteiger partial charge in [-0.3, -0.25) is 14.5 Å². The zero-order chi connectivity index (χ0) is 19.0. The van der Waals surface area contributed by atoms with Gasteiger partial charge in [-0.25, -0.2) is 4.79 Å². The van der Waals surface area contributed by atoms with Crippen molar-refractivity contribution in [3.63, 3.8) is 0 Å². The highest BCUT2D eigenvalue weighted by molar-refractivity contribution is 6.09. The average Bonchev–Trinajstić information content (AvgIpc) is 3.27. The van der Waals surface area contributed by atoms with E-state index >= 15 is 0 Å². The molecule has 1 aliphatic carbocycles. The molecule has 4 rings (SSSR count). The molecule has 0 unspecified atom stereocenters. The van der Waals surface area contributed by atoms with E-state index in [1.807, 2.05) is 19.1 Å². The van der Waals surface area contributed by atoms with Crippen molar-refractivity contribution in [2.75, 3.05) is 19.7 Å². The summed E-state index contributed by atoms with van der Waals surface area (Å²) in [5, 5.41) is 2.83. The number of hydrogen-bond donors (Lipinski definition) is 1. The number of allylic oxidation sites excluding steroid dienone is 2. The Morgan fingerprint density at radius 3 is 2.89 bits per heavy atom. The molecule has 1 fully saturated rings. The summed E-state index contributed by atoms with van der Waals surface area (Å²) in [5.41, 5.74) is 0.492. The maximum absolute atomic E-state index is 13.2. The number of amides is 4. The van der Waals surface area contributed by atoms with Gasteiger partial charge in [0.2, 0.25) is 5.91 Å². The highest BCUT2D eigenvalue weighted by Crippen LogP contribution is 2.41. The van der Waals surface area contributed by atoms with E-state index in [4.69, 9.17) is 4.74 Å². The fourth-order valence-electron chi connectivity index (χ4n) is 4.17. The molecule has 2 aliphatic heterocycles. The van der Waals surface area contributed by atoms with E-state index < -0.39 is 11.6 Å². The lowest BCUT2D eigenvalue weighted by atomic mass is 9.84. The third-order valence-corrected chi connectivity index (χ3v) is 5.53. The molecule has 1 N–H and O–H groups in total. The van der Waals surface area contributed by atoms with Crippen LogP contribution in [0.4, 0.5) is 4.79 Å². The van der Waals surface area contributed by atoms with Crippen LogP contribution in [0.5, 0.6) is 5.75 Å². The Morgan fingerprint density at radius 2 is 2.15 bits per heavy atom. The second kappa shape index (κ2) is 6.72. The third kappa shape index (κ3) is 2.78. The smallest absolute Gasteiger partial charge is 0.325 e. The summed E-state index contributed by atoms with van der Waals surface area (Å²) < 4.78 is 5.63. The number of urea groups is 1. The Morgan fingerprint density at radius 1 is 1.33 bits per heavy atom. The number of ether oxygens (including phenoxy) is 1. The monoisotopic (exact) mass is 369 g/mol. The van der Waals surface area contributed by atoms with Crippen LogP contribution in [0.25, 0.3) is 0 Å². The van der Waals surface area contributed by atoms with Crippen LogP contribution in [0.15, 0.2) is 36.0 Å². The molecule has 1 spiro atoms. The lowest BCUT2D eigenvalue weighted by Gasteiger charge is -2.33. The summed E-state index contributed by atoms with van der Waals surface area (Å²) in [6, 6.07) is 6.69. The van der Waals surface area contributed by atoms with E-state index in [9.17, 15) is 14.4 Å². The SMILES string of the molecule is CCN(C(=O)CN1C(=O)N[C@@]2(CCOc3ccccc32)C1=O)C1=CCCC1. The van der Waals surface area contributed by atoms with Gasteiger partial charge in [0.05, 0.1) is 6.61 Å². The van der Waals surface area contributed by atoms with Crippen molar-refractivity contribution >= 4 is 17.8 Å². The van der Waals surface area contributed by atoms with Gasteiger partial charge in [-0.05, 0) is 32.3 Å².